The predicted molar refractivity (Wildman–Crippen MR) is 50.5 cm³/mol. The third-order valence-corrected chi connectivity index (χ3v) is 1.51. The van der Waals surface area contributed by atoms with Crippen LogP contribution in [0.2, 0.25) is 0 Å². The molecule has 0 atom stereocenters. The number of carbonyl (C=O) groups excluding carboxylic acids is 1. The molecule has 5 heteroatoms. The maximum absolute atomic E-state index is 10.4. The molecule has 0 fully saturated rings. The minimum Gasteiger partial charge on any atom is -0.398 e. The van der Waals surface area contributed by atoms with Crippen molar-refractivity contribution in [3.63, 3.8) is 0 Å². The Bertz CT molecular complexity index is 443. The van der Waals surface area contributed by atoms with Gasteiger partial charge in [-0.3, -0.25) is 14.9 Å². The van der Waals surface area contributed by atoms with Gasteiger partial charge < -0.3 is 5.73 Å². The average molecular weight is 190 g/mol. The number of anilines is 1. The highest BCUT2D eigenvalue weighted by molar-refractivity contribution is 5.75. The summed E-state index contributed by atoms with van der Waals surface area (Å²) >= 11 is 0. The van der Waals surface area contributed by atoms with Crippen LogP contribution in [0.15, 0.2) is 18.2 Å². The number of aldehydes is 1. The van der Waals surface area contributed by atoms with Gasteiger partial charge in [0.05, 0.1) is 10.5 Å². The van der Waals surface area contributed by atoms with E-state index in [-0.39, 0.29) is 11.3 Å². The first kappa shape index (κ1) is 9.74. The van der Waals surface area contributed by atoms with Crippen LogP contribution in [0.3, 0.4) is 0 Å². The fraction of sp³-hybridized carbons (Fsp3) is 0. The second kappa shape index (κ2) is 4.05. The zero-order valence-electron chi connectivity index (χ0n) is 7.06. The summed E-state index contributed by atoms with van der Waals surface area (Å²) < 4.78 is 0. The van der Waals surface area contributed by atoms with Crippen LogP contribution in [0.1, 0.15) is 5.56 Å². The van der Waals surface area contributed by atoms with E-state index in [2.05, 4.69) is 11.8 Å². The van der Waals surface area contributed by atoms with Gasteiger partial charge in [0.25, 0.3) is 5.69 Å². The lowest BCUT2D eigenvalue weighted by Gasteiger charge is -1.96. The lowest BCUT2D eigenvalue weighted by Crippen LogP contribution is -1.93. The SMILES string of the molecule is Nc1ccc([N+](=O)[O-])cc1C#CC=O. The number of carbonyl (C=O) groups is 1. The zero-order chi connectivity index (χ0) is 10.6. The van der Waals surface area contributed by atoms with E-state index in [0.717, 1.165) is 0 Å². The Labute approximate surface area is 79.7 Å². The van der Waals surface area contributed by atoms with Gasteiger partial charge in [0.15, 0.2) is 6.29 Å². The van der Waals surface area contributed by atoms with E-state index in [0.29, 0.717) is 12.0 Å². The molecular formula is C9H6N2O3. The average Bonchev–Trinajstić information content (AvgIpc) is 2.16. The van der Waals surface area contributed by atoms with Crippen LogP contribution in [0, 0.1) is 22.0 Å². The topological polar surface area (TPSA) is 86.2 Å². The molecule has 0 aliphatic heterocycles. The third kappa shape index (κ3) is 2.08. The van der Waals surface area contributed by atoms with Crippen molar-refractivity contribution < 1.29 is 9.72 Å². The number of hydrogen-bond acceptors (Lipinski definition) is 4. The second-order valence-corrected chi connectivity index (χ2v) is 2.42. The van der Waals surface area contributed by atoms with Gasteiger partial charge in [-0.2, -0.15) is 0 Å². The lowest BCUT2D eigenvalue weighted by atomic mass is 10.1. The predicted octanol–water partition coefficient (Wildman–Crippen LogP) is 0.727. The van der Waals surface area contributed by atoms with Crippen LogP contribution in [0.4, 0.5) is 11.4 Å². The molecule has 0 bridgehead atoms. The normalized spacial score (nSPS) is 8.57. The molecule has 5 nitrogen and oxygen atoms in total. The summed E-state index contributed by atoms with van der Waals surface area (Å²) in [4.78, 5) is 19.8. The van der Waals surface area contributed by atoms with E-state index in [4.69, 9.17) is 5.73 Å². The molecule has 70 valence electrons. The van der Waals surface area contributed by atoms with Crippen molar-refractivity contribution in [2.45, 2.75) is 0 Å². The number of nitro benzene ring substituents is 1. The van der Waals surface area contributed by atoms with E-state index in [1.54, 1.807) is 0 Å². The number of nitrogens with two attached hydrogens (primary N) is 1. The zero-order valence-corrected chi connectivity index (χ0v) is 7.06. The minimum atomic E-state index is -0.550. The summed E-state index contributed by atoms with van der Waals surface area (Å²) in [6.07, 6.45) is 0.401. The van der Waals surface area contributed by atoms with Crippen LogP contribution in [-0.4, -0.2) is 11.2 Å². The molecule has 0 aliphatic rings. The van der Waals surface area contributed by atoms with Gasteiger partial charge in [0.1, 0.15) is 0 Å². The largest absolute Gasteiger partial charge is 0.398 e. The number of hydrogen-bond donors (Lipinski definition) is 1. The minimum absolute atomic E-state index is 0.102. The Kier molecular flexibility index (Phi) is 2.82. The first-order valence-corrected chi connectivity index (χ1v) is 3.64. The summed E-state index contributed by atoms with van der Waals surface area (Å²) in [5, 5.41) is 10.4. The van der Waals surface area contributed by atoms with Gasteiger partial charge in [0.2, 0.25) is 0 Å². The van der Waals surface area contributed by atoms with Gasteiger partial charge in [-0.1, -0.05) is 5.92 Å². The standard InChI is InChI=1S/C9H6N2O3/c10-9-4-3-8(11(13)14)6-7(9)2-1-5-12/h3-6H,10H2. The van der Waals surface area contributed by atoms with E-state index in [9.17, 15) is 14.9 Å². The number of non-ortho nitro benzene ring substituents is 1. The number of rotatable bonds is 1. The molecule has 14 heavy (non-hydrogen) atoms. The summed E-state index contributed by atoms with van der Waals surface area (Å²) in [7, 11) is 0. The van der Waals surface area contributed by atoms with Crippen molar-refractivity contribution in [2.24, 2.45) is 0 Å². The number of nitrogens with zero attached hydrogens (tertiary/aromatic N) is 1. The molecule has 0 radical (unpaired) electrons. The van der Waals surface area contributed by atoms with Crippen LogP contribution in [0.25, 0.3) is 0 Å². The van der Waals surface area contributed by atoms with Crippen molar-refractivity contribution in [3.05, 3.63) is 33.9 Å². The van der Waals surface area contributed by atoms with Crippen molar-refractivity contribution in [2.75, 3.05) is 5.73 Å². The molecule has 2 N–H and O–H groups in total. The molecule has 0 saturated heterocycles. The molecule has 0 saturated carbocycles. The van der Waals surface area contributed by atoms with Gasteiger partial charge in [-0.05, 0) is 12.0 Å². The first-order chi connectivity index (χ1) is 6.65. The smallest absolute Gasteiger partial charge is 0.270 e. The van der Waals surface area contributed by atoms with Gasteiger partial charge >= 0.3 is 0 Å². The van der Waals surface area contributed by atoms with Crippen LogP contribution in [0.5, 0.6) is 0 Å². The number of nitro groups is 1. The van der Waals surface area contributed by atoms with Crippen LogP contribution in [-0.2, 0) is 4.79 Å². The Morgan fingerprint density at radius 3 is 2.79 bits per heavy atom. The molecular weight excluding hydrogens is 184 g/mol. The molecule has 0 aliphatic carbocycles. The lowest BCUT2D eigenvalue weighted by molar-refractivity contribution is -0.384. The van der Waals surface area contributed by atoms with Crippen molar-refractivity contribution in [1.29, 1.82) is 0 Å². The van der Waals surface area contributed by atoms with Crippen molar-refractivity contribution in [1.82, 2.24) is 0 Å². The van der Waals surface area contributed by atoms with E-state index < -0.39 is 4.92 Å². The molecule has 0 heterocycles. The van der Waals surface area contributed by atoms with Crippen LogP contribution < -0.4 is 5.73 Å². The Balaban J connectivity index is 3.21. The fourth-order valence-electron chi connectivity index (χ4n) is 0.873. The highest BCUT2D eigenvalue weighted by Crippen LogP contribution is 2.18. The summed E-state index contributed by atoms with van der Waals surface area (Å²) in [5.74, 6) is 4.55. The molecule has 0 spiro atoms. The van der Waals surface area contributed by atoms with Crippen molar-refractivity contribution >= 4 is 17.7 Å². The Morgan fingerprint density at radius 1 is 1.50 bits per heavy atom. The van der Waals surface area contributed by atoms with Gasteiger partial charge in [-0.25, -0.2) is 0 Å². The van der Waals surface area contributed by atoms with Crippen LogP contribution >= 0.6 is 0 Å². The van der Waals surface area contributed by atoms with E-state index >= 15 is 0 Å². The van der Waals surface area contributed by atoms with E-state index in [1.165, 1.54) is 18.2 Å². The second-order valence-electron chi connectivity index (χ2n) is 2.42. The highest BCUT2D eigenvalue weighted by Gasteiger charge is 2.06. The molecule has 0 unspecified atom stereocenters. The third-order valence-electron chi connectivity index (χ3n) is 1.51. The molecule has 0 aromatic heterocycles. The van der Waals surface area contributed by atoms with Crippen molar-refractivity contribution in [3.8, 4) is 11.8 Å². The number of nitrogen functional groups attached to an aromatic ring is 1. The molecule has 0 amide bonds. The summed E-state index contributed by atoms with van der Waals surface area (Å²) in [6.45, 7) is 0. The Hall–Kier alpha value is -2.35. The Morgan fingerprint density at radius 2 is 2.21 bits per heavy atom. The summed E-state index contributed by atoms with van der Waals surface area (Å²) in [6, 6.07) is 3.89. The molecule has 1 aromatic rings. The monoisotopic (exact) mass is 190 g/mol. The molecule has 1 rings (SSSR count). The summed E-state index contributed by atoms with van der Waals surface area (Å²) in [5.41, 5.74) is 5.98. The maximum atomic E-state index is 10.4. The van der Waals surface area contributed by atoms with Gasteiger partial charge in [-0.15, -0.1) is 0 Å². The van der Waals surface area contributed by atoms with E-state index in [1.807, 2.05) is 0 Å². The van der Waals surface area contributed by atoms with Gasteiger partial charge in [0, 0.05) is 17.8 Å². The maximum Gasteiger partial charge on any atom is 0.270 e. The quantitative estimate of drug-likeness (QED) is 0.232. The number of benzene rings is 1. The fourth-order valence-corrected chi connectivity index (χ4v) is 0.873. The first-order valence-electron chi connectivity index (χ1n) is 3.64. The molecule has 1 aromatic carbocycles. The highest BCUT2D eigenvalue weighted by atomic mass is 16.6.